The predicted octanol–water partition coefficient (Wildman–Crippen LogP) is 3.83. The van der Waals surface area contributed by atoms with Crippen LogP contribution in [0.3, 0.4) is 0 Å². The lowest BCUT2D eigenvalue weighted by atomic mass is 10.1. The molecule has 0 aliphatic rings. The van der Waals surface area contributed by atoms with Crippen molar-refractivity contribution in [3.63, 3.8) is 0 Å². The molecule has 0 saturated heterocycles. The first-order valence-electron chi connectivity index (χ1n) is 7.76. The monoisotopic (exact) mass is 415 g/mol. The van der Waals surface area contributed by atoms with Gasteiger partial charge in [-0.15, -0.1) is 17.0 Å². The SMILES string of the molecule is Br.O=C(C[n+]1cccc(NC(=O)c2ccccc2)c1)c1ccc(F)cc1. The summed E-state index contributed by atoms with van der Waals surface area (Å²) in [5, 5.41) is 2.80. The summed E-state index contributed by atoms with van der Waals surface area (Å²) in [6.07, 6.45) is 3.42. The molecule has 1 N–H and O–H groups in total. The summed E-state index contributed by atoms with van der Waals surface area (Å²) in [4.78, 5) is 24.4. The number of carbonyl (C=O) groups excluding carboxylic acids is 2. The molecule has 0 aliphatic heterocycles. The number of hydrogen-bond donors (Lipinski definition) is 1. The van der Waals surface area contributed by atoms with Gasteiger partial charge in [0, 0.05) is 17.2 Å². The van der Waals surface area contributed by atoms with Crippen LogP contribution in [-0.2, 0) is 6.54 Å². The van der Waals surface area contributed by atoms with Crippen molar-refractivity contribution in [1.82, 2.24) is 0 Å². The quantitative estimate of drug-likeness (QED) is 0.508. The van der Waals surface area contributed by atoms with Crippen LogP contribution in [0, 0.1) is 5.82 Å². The molecular weight excluding hydrogens is 399 g/mol. The van der Waals surface area contributed by atoms with E-state index in [1.54, 1.807) is 53.4 Å². The number of carbonyl (C=O) groups is 2. The fraction of sp³-hybridized carbons (Fsp3) is 0.0500. The Hall–Kier alpha value is -2.86. The number of hydrogen-bond acceptors (Lipinski definition) is 2. The summed E-state index contributed by atoms with van der Waals surface area (Å²) in [7, 11) is 0. The van der Waals surface area contributed by atoms with Crippen molar-refractivity contribution in [1.29, 1.82) is 0 Å². The van der Waals surface area contributed by atoms with Crippen molar-refractivity contribution in [3.05, 3.63) is 96.1 Å². The Labute approximate surface area is 161 Å². The highest BCUT2D eigenvalue weighted by atomic mass is 79.9. The first-order valence-corrected chi connectivity index (χ1v) is 7.76. The number of aromatic nitrogens is 1. The van der Waals surface area contributed by atoms with Crippen LogP contribution in [0.4, 0.5) is 10.1 Å². The van der Waals surface area contributed by atoms with Crippen molar-refractivity contribution in [3.8, 4) is 0 Å². The zero-order valence-corrected chi connectivity index (χ0v) is 15.5. The van der Waals surface area contributed by atoms with E-state index in [1.165, 1.54) is 24.3 Å². The molecule has 0 unspecified atom stereocenters. The van der Waals surface area contributed by atoms with E-state index in [4.69, 9.17) is 0 Å². The Kier molecular flexibility index (Phi) is 6.74. The molecule has 26 heavy (non-hydrogen) atoms. The number of benzene rings is 2. The van der Waals surface area contributed by atoms with Crippen LogP contribution >= 0.6 is 17.0 Å². The van der Waals surface area contributed by atoms with Crippen LogP contribution in [0.2, 0.25) is 0 Å². The average molecular weight is 416 g/mol. The van der Waals surface area contributed by atoms with Crippen molar-refractivity contribution in [2.45, 2.75) is 6.54 Å². The molecule has 1 heterocycles. The Morgan fingerprint density at radius 1 is 0.885 bits per heavy atom. The van der Waals surface area contributed by atoms with E-state index in [1.807, 2.05) is 6.07 Å². The van der Waals surface area contributed by atoms with Gasteiger partial charge in [-0.1, -0.05) is 18.2 Å². The first kappa shape index (κ1) is 19.5. The van der Waals surface area contributed by atoms with Crippen LogP contribution in [0.25, 0.3) is 0 Å². The van der Waals surface area contributed by atoms with Gasteiger partial charge in [0.15, 0.2) is 12.4 Å². The Bertz CT molecular complexity index is 899. The molecule has 132 valence electrons. The minimum atomic E-state index is -0.380. The Morgan fingerprint density at radius 3 is 2.27 bits per heavy atom. The molecule has 1 aromatic heterocycles. The van der Waals surface area contributed by atoms with E-state index >= 15 is 0 Å². The maximum Gasteiger partial charge on any atom is 0.255 e. The van der Waals surface area contributed by atoms with E-state index in [9.17, 15) is 14.0 Å². The van der Waals surface area contributed by atoms with Gasteiger partial charge in [0.25, 0.3) is 5.91 Å². The zero-order valence-electron chi connectivity index (χ0n) is 13.8. The van der Waals surface area contributed by atoms with Crippen LogP contribution in [0.15, 0.2) is 79.1 Å². The van der Waals surface area contributed by atoms with Gasteiger partial charge in [0.05, 0.1) is 0 Å². The largest absolute Gasteiger partial charge is 0.317 e. The highest BCUT2D eigenvalue weighted by molar-refractivity contribution is 8.93. The molecule has 1 amide bonds. The molecule has 6 heteroatoms. The molecule has 4 nitrogen and oxygen atoms in total. The number of Topliss-reactive ketones (excluding diaryl/α,β-unsaturated/α-hetero) is 1. The topological polar surface area (TPSA) is 50.0 Å². The number of nitrogens with zero attached hydrogens (tertiary/aromatic N) is 1. The maximum atomic E-state index is 12.9. The number of rotatable bonds is 5. The molecule has 0 atom stereocenters. The van der Waals surface area contributed by atoms with Gasteiger partial charge in [-0.2, -0.15) is 4.57 Å². The van der Waals surface area contributed by atoms with E-state index < -0.39 is 0 Å². The molecule has 0 saturated carbocycles. The lowest BCUT2D eigenvalue weighted by molar-refractivity contribution is -0.682. The summed E-state index contributed by atoms with van der Waals surface area (Å²) in [5.41, 5.74) is 1.58. The minimum absolute atomic E-state index is 0. The van der Waals surface area contributed by atoms with E-state index in [0.29, 0.717) is 16.8 Å². The number of amides is 1. The third kappa shape index (κ3) is 5.07. The summed E-state index contributed by atoms with van der Waals surface area (Å²) >= 11 is 0. The highest BCUT2D eigenvalue weighted by Crippen LogP contribution is 2.08. The summed E-state index contributed by atoms with van der Waals surface area (Å²) < 4.78 is 14.6. The standard InChI is InChI=1S/C20H15FN2O2.BrH/c21-17-10-8-15(9-11-17)19(24)14-23-12-4-7-18(13-23)22-20(25)16-5-2-1-3-6-16;/h1-13H,14H2;1H/p+1. The molecule has 0 fully saturated rings. The number of pyridine rings is 1. The number of nitrogens with one attached hydrogen (secondary N) is 1. The lowest BCUT2D eigenvalue weighted by Gasteiger charge is -2.04. The summed E-state index contributed by atoms with van der Waals surface area (Å²) in [5.74, 6) is -0.741. The van der Waals surface area contributed by atoms with E-state index in [0.717, 1.165) is 0 Å². The molecule has 0 aliphatic carbocycles. The van der Waals surface area contributed by atoms with Gasteiger partial charge < -0.3 is 5.32 Å². The zero-order chi connectivity index (χ0) is 17.6. The predicted molar refractivity (Wildman–Crippen MR) is 102 cm³/mol. The third-order valence-corrected chi connectivity index (χ3v) is 3.64. The van der Waals surface area contributed by atoms with Gasteiger partial charge in [0.2, 0.25) is 12.3 Å². The van der Waals surface area contributed by atoms with Gasteiger partial charge in [-0.3, -0.25) is 9.59 Å². The van der Waals surface area contributed by atoms with Crippen molar-refractivity contribution < 1.29 is 18.5 Å². The fourth-order valence-electron chi connectivity index (χ4n) is 2.38. The lowest BCUT2D eigenvalue weighted by Crippen LogP contribution is -2.37. The summed E-state index contributed by atoms with van der Waals surface area (Å²) in [6.45, 7) is 0.0979. The molecule has 0 radical (unpaired) electrons. The van der Waals surface area contributed by atoms with Crippen LogP contribution < -0.4 is 9.88 Å². The van der Waals surface area contributed by atoms with Crippen molar-refractivity contribution in [2.75, 3.05) is 5.32 Å². The smallest absolute Gasteiger partial charge is 0.255 e. The second-order valence-electron chi connectivity index (χ2n) is 5.52. The Morgan fingerprint density at radius 2 is 1.58 bits per heavy atom. The molecule has 2 aromatic carbocycles. The Balaban J connectivity index is 0.00000243. The van der Waals surface area contributed by atoms with Gasteiger partial charge >= 0.3 is 0 Å². The molecule has 3 rings (SSSR count). The minimum Gasteiger partial charge on any atom is -0.317 e. The van der Waals surface area contributed by atoms with Crippen molar-refractivity contribution in [2.24, 2.45) is 0 Å². The number of anilines is 1. The fourth-order valence-corrected chi connectivity index (χ4v) is 2.38. The van der Waals surface area contributed by atoms with Crippen LogP contribution in [0.1, 0.15) is 20.7 Å². The normalized spacial score (nSPS) is 9.88. The van der Waals surface area contributed by atoms with Gasteiger partial charge in [-0.05, 0) is 42.5 Å². The molecule has 0 bridgehead atoms. The molecule has 3 aromatic rings. The van der Waals surface area contributed by atoms with Crippen LogP contribution in [-0.4, -0.2) is 11.7 Å². The highest BCUT2D eigenvalue weighted by Gasteiger charge is 2.14. The average Bonchev–Trinajstić information content (AvgIpc) is 2.63. The second-order valence-corrected chi connectivity index (χ2v) is 5.52. The summed E-state index contributed by atoms with van der Waals surface area (Å²) in [6, 6.07) is 17.8. The molecule has 0 spiro atoms. The number of halogens is 2. The van der Waals surface area contributed by atoms with Crippen molar-refractivity contribution >= 4 is 34.4 Å². The molecular formula is C20H17BrFN2O2+. The van der Waals surface area contributed by atoms with E-state index in [2.05, 4.69) is 5.32 Å². The third-order valence-electron chi connectivity index (χ3n) is 3.64. The first-order chi connectivity index (χ1) is 12.1. The van der Waals surface area contributed by atoms with Gasteiger partial charge in [-0.25, -0.2) is 4.39 Å². The second kappa shape index (κ2) is 9.01. The van der Waals surface area contributed by atoms with Crippen LogP contribution in [0.5, 0.6) is 0 Å². The van der Waals surface area contributed by atoms with E-state index in [-0.39, 0.29) is 41.0 Å². The van der Waals surface area contributed by atoms with Gasteiger partial charge in [0.1, 0.15) is 11.5 Å². The number of ketones is 1. The maximum absolute atomic E-state index is 12.9.